The predicted molar refractivity (Wildman–Crippen MR) is 272 cm³/mol. The minimum absolute atomic E-state index is 0.0138. The highest BCUT2D eigenvalue weighted by atomic mass is 32.2. The van der Waals surface area contributed by atoms with Gasteiger partial charge in [-0.15, -0.1) is 0 Å². The van der Waals surface area contributed by atoms with E-state index in [0.29, 0.717) is 31.6 Å². The Morgan fingerprint density at radius 2 is 1.25 bits per heavy atom. The van der Waals surface area contributed by atoms with Crippen molar-refractivity contribution in [3.63, 3.8) is 0 Å². The molecule has 392 valence electrons. The molecule has 0 bridgehead atoms. The topological polar surface area (TPSA) is 276 Å². The van der Waals surface area contributed by atoms with Crippen LogP contribution in [0.15, 0.2) is 60.7 Å². The van der Waals surface area contributed by atoms with E-state index in [1.165, 1.54) is 16.7 Å². The molecule has 1 heterocycles. The summed E-state index contributed by atoms with van der Waals surface area (Å²) < 4.78 is 5.25. The number of nitrogens with zero attached hydrogens (tertiary/aromatic N) is 1. The molecule has 0 saturated carbocycles. The number of likely N-dealkylation sites (tertiary alicyclic amines) is 1. The third-order valence-corrected chi connectivity index (χ3v) is 12.0. The van der Waals surface area contributed by atoms with E-state index in [-0.39, 0.29) is 56.9 Å². The molecule has 2 aromatic rings. The van der Waals surface area contributed by atoms with Crippen LogP contribution in [0.2, 0.25) is 0 Å². The molecule has 9 amide bonds. The standard InChI is InChI=1S/C51H77N9O10S/c1-32(2)27-38(46(65)57-36(44(52)63)23-26-71-8)59-48(67)41(28-33(3)4)60-25-22-37(49(60)68)55-43(62)31-54-45(64)39(29-34-17-11-9-12-18-34)58-47(66)40(30-35-19-13-10-14-20-35)56-42(61)21-15-16-24-53-50(69)70-51(5,6)7/h9-14,17-20,32-33,36-41H,15-16,21-31H2,1-8H3,(H2,52,63)(H,53,69)(H,54,64)(H,55,62)(H,56,61)(H,57,65)(H,58,66)(H,59,67)/t36-,37+,38-,39-,40-,41-/m0/s1. The second-order valence-corrected chi connectivity index (χ2v) is 20.7. The average Bonchev–Trinajstić information content (AvgIpc) is 3.65. The van der Waals surface area contributed by atoms with Gasteiger partial charge in [-0.1, -0.05) is 88.4 Å². The minimum Gasteiger partial charge on any atom is -0.444 e. The van der Waals surface area contributed by atoms with Crippen LogP contribution in [-0.2, 0) is 55.9 Å². The van der Waals surface area contributed by atoms with Crippen LogP contribution in [-0.4, -0.2) is 132 Å². The second-order valence-electron chi connectivity index (χ2n) is 19.7. The van der Waals surface area contributed by atoms with Crippen molar-refractivity contribution in [3.05, 3.63) is 71.8 Å². The molecule has 0 radical (unpaired) electrons. The summed E-state index contributed by atoms with van der Waals surface area (Å²) in [5.74, 6) is -4.13. The van der Waals surface area contributed by atoms with Crippen LogP contribution in [0.1, 0.15) is 105 Å². The first kappa shape index (κ1) is 59.1. The first-order valence-electron chi connectivity index (χ1n) is 24.5. The van der Waals surface area contributed by atoms with Crippen LogP contribution in [0.4, 0.5) is 4.79 Å². The number of carbonyl (C=O) groups is 9. The number of primary amides is 1. The van der Waals surface area contributed by atoms with E-state index in [2.05, 4.69) is 37.2 Å². The third kappa shape index (κ3) is 22.2. The molecule has 0 unspecified atom stereocenters. The van der Waals surface area contributed by atoms with Crippen LogP contribution in [0, 0.1) is 11.8 Å². The summed E-state index contributed by atoms with van der Waals surface area (Å²) in [6, 6.07) is 11.9. The smallest absolute Gasteiger partial charge is 0.407 e. The van der Waals surface area contributed by atoms with E-state index in [9.17, 15) is 43.2 Å². The van der Waals surface area contributed by atoms with Gasteiger partial charge in [0.15, 0.2) is 0 Å². The molecule has 0 aliphatic carbocycles. The van der Waals surface area contributed by atoms with E-state index in [0.717, 1.165) is 11.1 Å². The number of unbranched alkanes of at least 4 members (excludes halogenated alkanes) is 1. The zero-order chi connectivity index (χ0) is 52.7. The molecule has 3 rings (SSSR count). The number of amides is 9. The van der Waals surface area contributed by atoms with Gasteiger partial charge < -0.3 is 52.6 Å². The molecule has 19 nitrogen and oxygen atoms in total. The summed E-state index contributed by atoms with van der Waals surface area (Å²) in [5.41, 5.74) is 6.40. The highest BCUT2D eigenvalue weighted by molar-refractivity contribution is 7.98. The van der Waals surface area contributed by atoms with Gasteiger partial charge in [-0.2, -0.15) is 11.8 Å². The molecule has 1 aliphatic heterocycles. The molecular weight excluding hydrogens is 931 g/mol. The number of ether oxygens (including phenoxy) is 1. The van der Waals surface area contributed by atoms with E-state index >= 15 is 0 Å². The maximum atomic E-state index is 14.0. The van der Waals surface area contributed by atoms with E-state index in [1.807, 2.05) is 70.3 Å². The molecule has 1 aliphatic rings. The normalized spacial score (nSPS) is 15.7. The Morgan fingerprint density at radius 1 is 0.704 bits per heavy atom. The van der Waals surface area contributed by atoms with E-state index < -0.39 is 102 Å². The Morgan fingerprint density at radius 3 is 1.80 bits per heavy atom. The van der Waals surface area contributed by atoms with Gasteiger partial charge in [0.2, 0.25) is 47.3 Å². The lowest BCUT2D eigenvalue weighted by molar-refractivity contribution is -0.141. The molecule has 2 aromatic carbocycles. The van der Waals surface area contributed by atoms with Gasteiger partial charge >= 0.3 is 6.09 Å². The zero-order valence-corrected chi connectivity index (χ0v) is 43.4. The lowest BCUT2D eigenvalue weighted by Crippen LogP contribution is -2.58. The fourth-order valence-corrected chi connectivity index (χ4v) is 8.31. The SMILES string of the molecule is CSCC[C@H](NC(=O)[C@H](CC(C)C)NC(=O)[C@H](CC(C)C)N1CC[C@@H](NC(=O)CNC(=O)[C@H](Cc2ccccc2)NC(=O)[C@H](Cc2ccccc2)NC(=O)CCCCNC(=O)OC(C)(C)C)C1=O)C(N)=O. The van der Waals surface area contributed by atoms with E-state index in [1.54, 1.807) is 45.0 Å². The molecule has 20 heteroatoms. The molecule has 0 aromatic heterocycles. The van der Waals surface area contributed by atoms with Crippen molar-refractivity contribution in [1.82, 2.24) is 42.1 Å². The number of hydrogen-bond donors (Lipinski definition) is 8. The van der Waals surface area contributed by atoms with E-state index in [4.69, 9.17) is 10.5 Å². The van der Waals surface area contributed by atoms with Gasteiger partial charge in [0.25, 0.3) is 0 Å². The quantitative estimate of drug-likeness (QED) is 0.0549. The summed E-state index contributed by atoms with van der Waals surface area (Å²) in [5, 5.41) is 19.1. The van der Waals surface area contributed by atoms with Crippen LogP contribution < -0.4 is 43.0 Å². The number of nitrogens with two attached hydrogens (primary N) is 1. The van der Waals surface area contributed by atoms with Crippen LogP contribution in [0.25, 0.3) is 0 Å². The first-order valence-corrected chi connectivity index (χ1v) is 25.9. The van der Waals surface area contributed by atoms with Crippen molar-refractivity contribution in [1.29, 1.82) is 0 Å². The molecule has 6 atom stereocenters. The molecule has 9 N–H and O–H groups in total. The molecule has 1 fully saturated rings. The summed E-state index contributed by atoms with van der Waals surface area (Å²) in [7, 11) is 0. The summed E-state index contributed by atoms with van der Waals surface area (Å²) in [6.45, 7) is 12.7. The summed E-state index contributed by atoms with van der Waals surface area (Å²) in [6.07, 6.45) is 3.48. The van der Waals surface area contributed by atoms with Crippen molar-refractivity contribution in [2.45, 2.75) is 148 Å². The number of thioether (sulfide) groups is 1. The van der Waals surface area contributed by atoms with Gasteiger partial charge in [0, 0.05) is 32.4 Å². The van der Waals surface area contributed by atoms with Crippen molar-refractivity contribution in [3.8, 4) is 0 Å². The number of rotatable bonds is 29. The summed E-state index contributed by atoms with van der Waals surface area (Å²) >= 11 is 1.50. The van der Waals surface area contributed by atoms with Gasteiger partial charge in [-0.25, -0.2) is 4.79 Å². The third-order valence-electron chi connectivity index (χ3n) is 11.3. The largest absolute Gasteiger partial charge is 0.444 e. The van der Waals surface area contributed by atoms with Crippen molar-refractivity contribution in [2.75, 3.05) is 31.6 Å². The number of hydrogen-bond acceptors (Lipinski definition) is 11. The fourth-order valence-electron chi connectivity index (χ4n) is 7.84. The van der Waals surface area contributed by atoms with Crippen molar-refractivity contribution >= 4 is 65.1 Å². The Labute approximate surface area is 422 Å². The zero-order valence-electron chi connectivity index (χ0n) is 42.6. The Kier molecular flexibility index (Phi) is 24.9. The highest BCUT2D eigenvalue weighted by Gasteiger charge is 2.41. The number of carbonyl (C=O) groups excluding carboxylic acids is 9. The number of nitrogens with one attached hydrogen (secondary N) is 7. The van der Waals surface area contributed by atoms with Gasteiger partial charge in [-0.05, 0) is 94.3 Å². The minimum atomic E-state index is -1.18. The summed E-state index contributed by atoms with van der Waals surface area (Å²) in [4.78, 5) is 121. The second kappa shape index (κ2) is 29.9. The monoisotopic (exact) mass is 1010 g/mol. The van der Waals surface area contributed by atoms with Crippen LogP contribution in [0.3, 0.4) is 0 Å². The lowest BCUT2D eigenvalue weighted by atomic mass is 9.99. The van der Waals surface area contributed by atoms with Crippen molar-refractivity contribution < 1.29 is 47.9 Å². The lowest BCUT2D eigenvalue weighted by Gasteiger charge is -2.31. The Bertz CT molecular complexity index is 2090. The molecule has 0 spiro atoms. The van der Waals surface area contributed by atoms with Gasteiger partial charge in [0.05, 0.1) is 6.54 Å². The Balaban J connectivity index is 1.69. The van der Waals surface area contributed by atoms with Gasteiger partial charge in [-0.3, -0.25) is 38.4 Å². The molecular formula is C51H77N9O10S. The first-order chi connectivity index (χ1) is 33.6. The van der Waals surface area contributed by atoms with Crippen LogP contribution >= 0.6 is 11.8 Å². The van der Waals surface area contributed by atoms with Gasteiger partial charge in [0.1, 0.15) is 41.9 Å². The van der Waals surface area contributed by atoms with Crippen molar-refractivity contribution in [2.24, 2.45) is 17.6 Å². The predicted octanol–water partition coefficient (Wildman–Crippen LogP) is 2.64. The number of alkyl carbamates (subject to hydrolysis) is 1. The maximum Gasteiger partial charge on any atom is 0.407 e. The molecule has 71 heavy (non-hydrogen) atoms. The number of benzene rings is 2. The Hall–Kier alpha value is -6.18. The fraction of sp³-hybridized carbons (Fsp3) is 0.588. The molecule has 1 saturated heterocycles. The van der Waals surface area contributed by atoms with Crippen LogP contribution in [0.5, 0.6) is 0 Å². The average molecular weight is 1010 g/mol. The maximum absolute atomic E-state index is 14.0. The highest BCUT2D eigenvalue weighted by Crippen LogP contribution is 2.21.